The van der Waals surface area contributed by atoms with Crippen LogP contribution in [0.4, 0.5) is 0 Å². The number of nitrogens with one attached hydrogen (secondary N) is 6. The number of aromatic amines is 2. The molecule has 0 saturated heterocycles. The summed E-state index contributed by atoms with van der Waals surface area (Å²) in [6, 6.07) is 18.0. The van der Waals surface area contributed by atoms with Crippen molar-refractivity contribution in [1.82, 2.24) is 21.3 Å². The fourth-order valence-corrected chi connectivity index (χ4v) is 4.16. The van der Waals surface area contributed by atoms with Crippen molar-refractivity contribution in [2.45, 2.75) is 26.2 Å². The van der Waals surface area contributed by atoms with E-state index in [0.717, 1.165) is 22.3 Å². The number of carbonyl (C=O) groups is 4. The molecule has 40 heavy (non-hydrogen) atoms. The Balaban J connectivity index is 1.36. The molecule has 6 heterocycles. The van der Waals surface area contributed by atoms with E-state index in [1.165, 1.54) is 36.9 Å². The summed E-state index contributed by atoms with van der Waals surface area (Å²) in [5.74, 6) is -1.26. The highest BCUT2D eigenvalue weighted by molar-refractivity contribution is 5.99. The van der Waals surface area contributed by atoms with Crippen molar-refractivity contribution >= 4 is 23.6 Å². The van der Waals surface area contributed by atoms with E-state index in [1.54, 1.807) is 0 Å². The average Bonchev–Trinajstić information content (AvgIpc) is 3.00. The summed E-state index contributed by atoms with van der Waals surface area (Å²) in [6.45, 7) is 1.18. The van der Waals surface area contributed by atoms with E-state index < -0.39 is 0 Å². The molecule has 2 aromatic carbocycles. The van der Waals surface area contributed by atoms with Crippen LogP contribution >= 0.6 is 0 Å². The van der Waals surface area contributed by atoms with Crippen molar-refractivity contribution in [1.29, 1.82) is 0 Å². The molecule has 4 aliphatic heterocycles. The number of aromatic nitrogens is 2. The fraction of sp³-hybridized carbons (Fsp3) is 0.133. The molecular weight excluding hydrogens is 508 g/mol. The van der Waals surface area contributed by atoms with Gasteiger partial charge in [0.25, 0.3) is 23.6 Å². The lowest BCUT2D eigenvalue weighted by Crippen LogP contribution is -2.28. The minimum absolute atomic E-state index is 0.294. The molecule has 10 nitrogen and oxygen atoms in total. The van der Waals surface area contributed by atoms with Crippen molar-refractivity contribution in [3.8, 4) is 0 Å². The molecule has 4 amide bonds. The van der Waals surface area contributed by atoms with Gasteiger partial charge in [-0.25, -0.2) is 9.97 Å². The summed E-state index contributed by atoms with van der Waals surface area (Å²) in [4.78, 5) is 56.6. The number of benzene rings is 2. The lowest BCUT2D eigenvalue weighted by molar-refractivity contribution is -0.378. The lowest BCUT2D eigenvalue weighted by Gasteiger charge is -2.09. The number of H-pyrrole nitrogens is 2. The van der Waals surface area contributed by atoms with Gasteiger partial charge >= 0.3 is 0 Å². The largest absolute Gasteiger partial charge is 0.348 e. The second-order valence-electron chi connectivity index (χ2n) is 9.38. The maximum absolute atomic E-state index is 12.7. The molecule has 4 aromatic rings. The first-order valence-electron chi connectivity index (χ1n) is 12.8. The van der Waals surface area contributed by atoms with E-state index in [2.05, 4.69) is 31.2 Å². The average molecular weight is 537 g/mol. The summed E-state index contributed by atoms with van der Waals surface area (Å²) >= 11 is 0. The molecular formula is C30H28N6O4+2. The quantitative estimate of drug-likeness (QED) is 0.269. The van der Waals surface area contributed by atoms with Crippen LogP contribution in [0.25, 0.3) is 0 Å². The van der Waals surface area contributed by atoms with Crippen LogP contribution in [0.15, 0.2) is 85.5 Å². The standard InChI is InChI=1S/C30H26N6O4/c37-27-23-9-25(17-31-15-23)29(39)35-13-21-5-7-22(8-6-21)14-36-30(40)26-10-24(16-32-18-26)28(38)34-12-20-2-1-19(3-4-20)11-33-27/h1-10,15-18H,11-14H2,(H,33,37)(H,34,38)(H,35,39)(H,36,40)/p+2. The maximum atomic E-state index is 12.7. The Morgan fingerprint density at radius 1 is 0.400 bits per heavy atom. The normalized spacial score (nSPS) is 14.6. The van der Waals surface area contributed by atoms with Crippen molar-refractivity contribution in [2.75, 3.05) is 0 Å². The number of hydrogen-bond donors (Lipinski definition) is 4. The van der Waals surface area contributed by atoms with Gasteiger partial charge in [-0.1, -0.05) is 48.5 Å². The highest BCUT2D eigenvalue weighted by atomic mass is 16.2. The molecule has 0 radical (unpaired) electrons. The Morgan fingerprint density at radius 3 is 0.850 bits per heavy atom. The van der Waals surface area contributed by atoms with Crippen molar-refractivity contribution in [3.05, 3.63) is 130 Å². The van der Waals surface area contributed by atoms with E-state index in [9.17, 15) is 19.2 Å². The Morgan fingerprint density at radius 2 is 0.625 bits per heavy atom. The minimum Gasteiger partial charge on any atom is -0.348 e. The van der Waals surface area contributed by atoms with Crippen LogP contribution in [-0.4, -0.2) is 23.6 Å². The molecule has 8 bridgehead atoms. The highest BCUT2D eigenvalue weighted by Gasteiger charge is 2.16. The Bertz CT molecular complexity index is 1340. The van der Waals surface area contributed by atoms with E-state index in [0.29, 0.717) is 48.4 Å². The van der Waals surface area contributed by atoms with Gasteiger partial charge in [0.15, 0.2) is 24.8 Å². The molecule has 8 rings (SSSR count). The Kier molecular flexibility index (Phi) is 7.87. The molecule has 4 aliphatic rings. The van der Waals surface area contributed by atoms with Crippen LogP contribution in [0.5, 0.6) is 0 Å². The van der Waals surface area contributed by atoms with Crippen molar-refractivity contribution < 1.29 is 29.1 Å². The number of pyridine rings is 2. The van der Waals surface area contributed by atoms with Gasteiger partial charge in [-0.05, 0) is 34.4 Å². The van der Waals surface area contributed by atoms with Crippen LogP contribution in [0.3, 0.4) is 0 Å². The van der Waals surface area contributed by atoms with Crippen LogP contribution in [-0.2, 0) is 26.2 Å². The van der Waals surface area contributed by atoms with Crippen LogP contribution < -0.4 is 31.2 Å². The third kappa shape index (κ3) is 6.54. The predicted octanol–water partition coefficient (Wildman–Crippen LogP) is 1.35. The molecule has 0 fully saturated rings. The first-order chi connectivity index (χ1) is 19.4. The molecule has 10 heteroatoms. The Labute approximate surface area is 230 Å². The van der Waals surface area contributed by atoms with Crippen LogP contribution in [0.2, 0.25) is 0 Å². The molecule has 0 atom stereocenters. The van der Waals surface area contributed by atoms with E-state index >= 15 is 0 Å². The first kappa shape index (κ1) is 26.2. The predicted molar refractivity (Wildman–Crippen MR) is 144 cm³/mol. The molecule has 0 unspecified atom stereocenters. The van der Waals surface area contributed by atoms with E-state index in [1.807, 2.05) is 48.5 Å². The van der Waals surface area contributed by atoms with Gasteiger partial charge in [-0.2, -0.15) is 0 Å². The highest BCUT2D eigenvalue weighted by Crippen LogP contribution is 2.09. The summed E-state index contributed by atoms with van der Waals surface area (Å²) < 4.78 is 0. The number of carbonyl (C=O) groups excluding carboxylic acids is 4. The summed E-state index contributed by atoms with van der Waals surface area (Å²) in [5.41, 5.74) is 4.85. The van der Waals surface area contributed by atoms with Gasteiger partial charge in [0.2, 0.25) is 0 Å². The van der Waals surface area contributed by atoms with E-state index in [-0.39, 0.29) is 23.6 Å². The zero-order valence-electron chi connectivity index (χ0n) is 21.5. The lowest BCUT2D eigenvalue weighted by atomic mass is 10.1. The third-order valence-electron chi connectivity index (χ3n) is 6.48. The SMILES string of the molecule is O=C1NCc2ccc(cc2)CNC(=O)c2c[nH+]cc(c2)C(=O)NCc2ccc(cc2)CNC(=O)c2c[nH+]cc1c2. The molecule has 2 aromatic heterocycles. The second-order valence-corrected chi connectivity index (χ2v) is 9.38. The van der Waals surface area contributed by atoms with E-state index in [4.69, 9.17) is 0 Å². The topological polar surface area (TPSA) is 145 Å². The maximum Gasteiger partial charge on any atom is 0.257 e. The number of rotatable bonds is 0. The van der Waals surface area contributed by atoms with Crippen LogP contribution in [0, 0.1) is 0 Å². The van der Waals surface area contributed by atoms with Crippen LogP contribution in [0.1, 0.15) is 63.7 Å². The van der Waals surface area contributed by atoms with Gasteiger partial charge in [0.1, 0.15) is 22.3 Å². The molecule has 0 spiro atoms. The third-order valence-corrected chi connectivity index (χ3v) is 6.48. The zero-order chi connectivity index (χ0) is 27.9. The van der Waals surface area contributed by atoms with Crippen molar-refractivity contribution in [2.24, 2.45) is 0 Å². The second kappa shape index (κ2) is 12.0. The fourth-order valence-electron chi connectivity index (χ4n) is 4.16. The van der Waals surface area contributed by atoms with Gasteiger partial charge in [-0.15, -0.1) is 0 Å². The molecule has 0 aliphatic carbocycles. The smallest absolute Gasteiger partial charge is 0.257 e. The molecule has 200 valence electrons. The minimum atomic E-state index is -0.314. The summed E-state index contributed by atoms with van der Waals surface area (Å²) in [5, 5.41) is 11.4. The summed E-state index contributed by atoms with van der Waals surface area (Å²) in [7, 11) is 0. The first-order valence-corrected chi connectivity index (χ1v) is 12.8. The number of amides is 4. The summed E-state index contributed by atoms with van der Waals surface area (Å²) in [6.07, 6.45) is 6.16. The Hall–Kier alpha value is -5.38. The molecule has 6 N–H and O–H groups in total. The monoisotopic (exact) mass is 536 g/mol. The van der Waals surface area contributed by atoms with Crippen molar-refractivity contribution in [3.63, 3.8) is 0 Å². The molecule has 0 saturated carbocycles. The van der Waals surface area contributed by atoms with Gasteiger partial charge < -0.3 is 21.3 Å². The zero-order valence-corrected chi connectivity index (χ0v) is 21.5. The van der Waals surface area contributed by atoms with Gasteiger partial charge in [-0.3, -0.25) is 19.2 Å². The number of hydrogen-bond acceptors (Lipinski definition) is 4. The van der Waals surface area contributed by atoms with Gasteiger partial charge in [0.05, 0.1) is 0 Å². The van der Waals surface area contributed by atoms with Gasteiger partial charge in [0, 0.05) is 26.2 Å².